The Bertz CT molecular complexity index is 1220. The summed E-state index contributed by atoms with van der Waals surface area (Å²) in [5, 5.41) is 4.64. The second-order valence-electron chi connectivity index (χ2n) is 5.89. The van der Waals surface area contributed by atoms with Crippen molar-refractivity contribution in [3.05, 3.63) is 72.4 Å². The predicted molar refractivity (Wildman–Crippen MR) is 102 cm³/mol. The van der Waals surface area contributed by atoms with Crippen LogP contribution in [0.3, 0.4) is 0 Å². The molecule has 0 unspecified atom stereocenters. The molecular weight excluding hydrogens is 348 g/mol. The van der Waals surface area contributed by atoms with Gasteiger partial charge in [-0.25, -0.2) is 14.5 Å². The third-order valence-electron chi connectivity index (χ3n) is 4.21. The summed E-state index contributed by atoms with van der Waals surface area (Å²) < 4.78 is 1.85. The molecule has 0 amide bonds. The van der Waals surface area contributed by atoms with E-state index in [1.54, 1.807) is 6.20 Å². The van der Waals surface area contributed by atoms with E-state index in [1.165, 1.54) is 0 Å². The fourth-order valence-electron chi connectivity index (χ4n) is 2.99. The molecular formula is C19H15ClN6. The summed E-state index contributed by atoms with van der Waals surface area (Å²) in [4.78, 5) is 18.1. The highest BCUT2D eigenvalue weighted by molar-refractivity contribution is 5.85. The van der Waals surface area contributed by atoms with Crippen LogP contribution in [-0.2, 0) is 12.8 Å². The molecule has 7 heteroatoms. The average Bonchev–Trinajstić information content (AvgIpc) is 3.10. The third-order valence-corrected chi connectivity index (χ3v) is 4.21. The molecule has 0 fully saturated rings. The Morgan fingerprint density at radius 1 is 0.769 bits per heavy atom. The van der Waals surface area contributed by atoms with Crippen molar-refractivity contribution < 1.29 is 0 Å². The zero-order valence-electron chi connectivity index (χ0n) is 13.8. The van der Waals surface area contributed by atoms with E-state index >= 15 is 0 Å². The van der Waals surface area contributed by atoms with E-state index in [1.807, 2.05) is 59.2 Å². The number of hydrogen-bond acceptors (Lipinski definition) is 5. The molecule has 128 valence electrons. The van der Waals surface area contributed by atoms with Crippen LogP contribution in [0.15, 0.2) is 60.9 Å². The van der Waals surface area contributed by atoms with E-state index in [9.17, 15) is 0 Å². The number of hydrogen-bond donors (Lipinski definition) is 0. The second-order valence-corrected chi connectivity index (χ2v) is 5.89. The van der Waals surface area contributed by atoms with Crippen LogP contribution in [0.4, 0.5) is 0 Å². The minimum absolute atomic E-state index is 0. The molecule has 4 aromatic heterocycles. The molecule has 0 atom stereocenters. The molecule has 0 aliphatic heterocycles. The standard InChI is InChI=1S/C19H14N6.ClH/c1-2-5-15-14(4-1)21-12-13(22-15)7-9-18-23-19-10-8-16-17(25(19)24-18)6-3-11-20-16;/h1-6,8,10-12H,7,9H2;1H. The molecule has 0 bridgehead atoms. The number of halogens is 1. The second kappa shape index (κ2) is 6.65. The summed E-state index contributed by atoms with van der Waals surface area (Å²) in [6.07, 6.45) is 5.09. The van der Waals surface area contributed by atoms with Crippen LogP contribution in [0.25, 0.3) is 27.7 Å². The van der Waals surface area contributed by atoms with Crippen LogP contribution in [-0.4, -0.2) is 29.5 Å². The normalized spacial score (nSPS) is 11.1. The Hall–Kier alpha value is -3.12. The minimum atomic E-state index is 0. The van der Waals surface area contributed by atoms with Crippen LogP contribution in [0.5, 0.6) is 0 Å². The molecule has 6 nitrogen and oxygen atoms in total. The van der Waals surface area contributed by atoms with Gasteiger partial charge in [-0.15, -0.1) is 12.4 Å². The van der Waals surface area contributed by atoms with Crippen LogP contribution >= 0.6 is 12.4 Å². The van der Waals surface area contributed by atoms with E-state index in [2.05, 4.69) is 25.0 Å². The Kier molecular flexibility index (Phi) is 4.18. The zero-order chi connectivity index (χ0) is 16.6. The van der Waals surface area contributed by atoms with Crippen molar-refractivity contribution in [2.45, 2.75) is 12.8 Å². The molecule has 0 aliphatic carbocycles. The number of pyridine rings is 2. The van der Waals surface area contributed by atoms with Crippen molar-refractivity contribution in [1.29, 1.82) is 0 Å². The fraction of sp³-hybridized carbons (Fsp3) is 0.105. The lowest BCUT2D eigenvalue weighted by molar-refractivity contribution is 0.828. The van der Waals surface area contributed by atoms with Gasteiger partial charge in [0.15, 0.2) is 11.5 Å². The molecule has 1 aromatic carbocycles. The topological polar surface area (TPSA) is 68.9 Å². The van der Waals surface area contributed by atoms with Gasteiger partial charge in [-0.1, -0.05) is 12.1 Å². The summed E-state index contributed by atoms with van der Waals surface area (Å²) in [5.41, 5.74) is 5.48. The van der Waals surface area contributed by atoms with Crippen molar-refractivity contribution in [2.75, 3.05) is 0 Å². The van der Waals surface area contributed by atoms with E-state index < -0.39 is 0 Å². The fourth-order valence-corrected chi connectivity index (χ4v) is 2.99. The maximum absolute atomic E-state index is 4.66. The van der Waals surface area contributed by atoms with Gasteiger partial charge >= 0.3 is 0 Å². The van der Waals surface area contributed by atoms with Gasteiger partial charge in [0.25, 0.3) is 0 Å². The van der Waals surface area contributed by atoms with Crippen LogP contribution < -0.4 is 0 Å². The van der Waals surface area contributed by atoms with Crippen molar-refractivity contribution in [1.82, 2.24) is 29.5 Å². The van der Waals surface area contributed by atoms with Gasteiger partial charge in [-0.3, -0.25) is 9.97 Å². The lowest BCUT2D eigenvalue weighted by Crippen LogP contribution is -1.98. The van der Waals surface area contributed by atoms with Gasteiger partial charge in [-0.2, -0.15) is 5.10 Å². The third kappa shape index (κ3) is 2.84. The number of para-hydroxylation sites is 2. The largest absolute Gasteiger partial charge is 0.255 e. The van der Waals surface area contributed by atoms with Gasteiger partial charge in [0.1, 0.15) is 0 Å². The maximum atomic E-state index is 4.66. The first-order valence-electron chi connectivity index (χ1n) is 8.17. The quantitative estimate of drug-likeness (QED) is 0.492. The molecule has 0 saturated heterocycles. The summed E-state index contributed by atoms with van der Waals surface area (Å²) in [5.74, 6) is 0.798. The highest BCUT2D eigenvalue weighted by Crippen LogP contribution is 2.14. The van der Waals surface area contributed by atoms with Gasteiger partial charge < -0.3 is 0 Å². The molecule has 0 spiro atoms. The average molecular weight is 363 g/mol. The highest BCUT2D eigenvalue weighted by Gasteiger charge is 2.08. The number of fused-ring (bicyclic) bond motifs is 4. The number of nitrogens with zero attached hydrogens (tertiary/aromatic N) is 6. The number of rotatable bonds is 3. The van der Waals surface area contributed by atoms with E-state index in [-0.39, 0.29) is 12.4 Å². The Balaban J connectivity index is 0.00000168. The first-order valence-corrected chi connectivity index (χ1v) is 8.17. The van der Waals surface area contributed by atoms with E-state index in [4.69, 9.17) is 0 Å². The Morgan fingerprint density at radius 3 is 2.58 bits per heavy atom. The van der Waals surface area contributed by atoms with Crippen molar-refractivity contribution in [3.8, 4) is 0 Å². The van der Waals surface area contributed by atoms with Crippen molar-refractivity contribution in [2.24, 2.45) is 0 Å². The molecule has 0 radical (unpaired) electrons. The summed E-state index contributed by atoms with van der Waals surface area (Å²) in [6.45, 7) is 0. The number of benzene rings is 1. The molecule has 4 heterocycles. The first kappa shape index (κ1) is 16.4. The summed E-state index contributed by atoms with van der Waals surface area (Å²) >= 11 is 0. The van der Waals surface area contributed by atoms with Crippen LogP contribution in [0.2, 0.25) is 0 Å². The van der Waals surface area contributed by atoms with Gasteiger partial charge in [0.05, 0.1) is 27.8 Å². The lowest BCUT2D eigenvalue weighted by atomic mass is 10.2. The van der Waals surface area contributed by atoms with Gasteiger partial charge in [-0.05, 0) is 42.8 Å². The predicted octanol–water partition coefficient (Wildman–Crippen LogP) is 3.43. The van der Waals surface area contributed by atoms with Gasteiger partial charge in [0.2, 0.25) is 0 Å². The molecule has 0 saturated carbocycles. The summed E-state index contributed by atoms with van der Waals surface area (Å²) in [7, 11) is 0. The monoisotopic (exact) mass is 362 g/mol. The lowest BCUT2D eigenvalue weighted by Gasteiger charge is -2.00. The molecule has 0 N–H and O–H groups in total. The number of aromatic nitrogens is 6. The van der Waals surface area contributed by atoms with Crippen molar-refractivity contribution in [3.63, 3.8) is 0 Å². The van der Waals surface area contributed by atoms with Crippen LogP contribution in [0.1, 0.15) is 11.5 Å². The minimum Gasteiger partial charge on any atom is -0.255 e. The number of aryl methyl sites for hydroxylation is 2. The maximum Gasteiger partial charge on any atom is 0.156 e. The first-order chi connectivity index (χ1) is 12.4. The molecule has 5 aromatic rings. The van der Waals surface area contributed by atoms with E-state index in [0.717, 1.165) is 52.1 Å². The molecule has 26 heavy (non-hydrogen) atoms. The summed E-state index contributed by atoms with van der Waals surface area (Å²) in [6, 6.07) is 15.7. The molecule has 0 aliphatic rings. The Morgan fingerprint density at radius 2 is 1.65 bits per heavy atom. The smallest absolute Gasteiger partial charge is 0.156 e. The SMILES string of the molecule is Cl.c1ccc2nc(CCc3nc4ccc5ncccc5n4n3)cnc2c1. The molecule has 5 rings (SSSR count). The van der Waals surface area contributed by atoms with Crippen LogP contribution in [0, 0.1) is 0 Å². The van der Waals surface area contributed by atoms with E-state index in [0.29, 0.717) is 0 Å². The zero-order valence-corrected chi connectivity index (χ0v) is 14.6. The van der Waals surface area contributed by atoms with Gasteiger partial charge in [0, 0.05) is 18.8 Å². The Labute approximate surface area is 155 Å². The van der Waals surface area contributed by atoms with Crippen molar-refractivity contribution >= 4 is 40.1 Å². The highest BCUT2D eigenvalue weighted by atomic mass is 35.5.